The Bertz CT molecular complexity index is 870. The second-order valence-electron chi connectivity index (χ2n) is 9.47. The van der Waals surface area contributed by atoms with Gasteiger partial charge >= 0.3 is 0 Å². The van der Waals surface area contributed by atoms with Gasteiger partial charge in [0.1, 0.15) is 0 Å². The van der Waals surface area contributed by atoms with Crippen LogP contribution in [0.3, 0.4) is 0 Å². The lowest BCUT2D eigenvalue weighted by atomic mass is 10.0. The Labute approximate surface area is 180 Å². The summed E-state index contributed by atoms with van der Waals surface area (Å²) >= 11 is 0. The normalized spacial score (nSPS) is 23.8. The second kappa shape index (κ2) is 8.97. The van der Waals surface area contributed by atoms with E-state index in [9.17, 15) is 13.2 Å². The molecule has 0 spiro atoms. The fourth-order valence-corrected chi connectivity index (χ4v) is 6.54. The number of likely N-dealkylation sites (tertiary alicyclic amines) is 1. The minimum Gasteiger partial charge on any atom is -0.349 e. The van der Waals surface area contributed by atoms with Crippen molar-refractivity contribution in [1.29, 1.82) is 0 Å². The maximum atomic E-state index is 13.0. The van der Waals surface area contributed by atoms with E-state index in [-0.39, 0.29) is 23.9 Å². The lowest BCUT2D eigenvalue weighted by molar-refractivity contribution is -0.125. The van der Waals surface area contributed by atoms with Gasteiger partial charge in [-0.1, -0.05) is 18.9 Å². The zero-order chi connectivity index (χ0) is 21.3. The van der Waals surface area contributed by atoms with E-state index in [2.05, 4.69) is 28.8 Å². The van der Waals surface area contributed by atoms with Crippen LogP contribution in [0, 0.1) is 5.92 Å². The number of aryl methyl sites for hydroxylation is 1. The van der Waals surface area contributed by atoms with Gasteiger partial charge < -0.3 is 10.2 Å². The number of carbonyl (C=O) groups is 1. The third kappa shape index (κ3) is 4.73. The Morgan fingerprint density at radius 3 is 2.43 bits per heavy atom. The van der Waals surface area contributed by atoms with Gasteiger partial charge in [0.05, 0.1) is 10.9 Å². The first-order valence-electron chi connectivity index (χ1n) is 11.5. The Morgan fingerprint density at radius 1 is 1.07 bits per heavy atom. The van der Waals surface area contributed by atoms with Crippen LogP contribution in [-0.4, -0.2) is 44.4 Å². The van der Waals surface area contributed by atoms with Gasteiger partial charge in [-0.25, -0.2) is 13.1 Å². The van der Waals surface area contributed by atoms with E-state index in [4.69, 9.17) is 0 Å². The number of nitrogens with one attached hydrogen (secondary N) is 2. The summed E-state index contributed by atoms with van der Waals surface area (Å²) < 4.78 is 29.0. The van der Waals surface area contributed by atoms with Crippen LogP contribution in [0.2, 0.25) is 0 Å². The van der Waals surface area contributed by atoms with E-state index in [1.54, 1.807) is 12.1 Å². The summed E-state index contributed by atoms with van der Waals surface area (Å²) in [6.07, 6.45) is 7.60. The van der Waals surface area contributed by atoms with Gasteiger partial charge in [-0.15, -0.1) is 0 Å². The minimum absolute atomic E-state index is 0.0175. The van der Waals surface area contributed by atoms with E-state index in [1.807, 2.05) is 6.07 Å². The highest BCUT2D eigenvalue weighted by Crippen LogP contribution is 2.34. The molecule has 2 aliphatic carbocycles. The molecule has 0 aromatic heterocycles. The SMILES string of the molecule is CC(C)N1CCC(NS(=O)(=O)c2ccc3c(c2)[C@H](NC(=O)C2CCCC2)CC3)CC1. The molecule has 0 unspecified atom stereocenters. The molecule has 4 rings (SSSR count). The van der Waals surface area contributed by atoms with Crippen molar-refractivity contribution >= 4 is 15.9 Å². The molecule has 2 N–H and O–H groups in total. The number of rotatable bonds is 6. The second-order valence-corrected chi connectivity index (χ2v) is 11.2. The first-order valence-corrected chi connectivity index (χ1v) is 13.0. The average Bonchev–Trinajstić information content (AvgIpc) is 3.38. The molecule has 3 aliphatic rings. The van der Waals surface area contributed by atoms with Crippen molar-refractivity contribution in [2.75, 3.05) is 13.1 Å². The zero-order valence-corrected chi connectivity index (χ0v) is 19.0. The largest absolute Gasteiger partial charge is 0.349 e. The first kappa shape index (κ1) is 21.8. The lowest BCUT2D eigenvalue weighted by Crippen LogP contribution is -2.46. The molecule has 1 aliphatic heterocycles. The van der Waals surface area contributed by atoms with Gasteiger partial charge in [0, 0.05) is 18.0 Å². The van der Waals surface area contributed by atoms with Gasteiger partial charge in [0.2, 0.25) is 15.9 Å². The number of fused-ring (bicyclic) bond motifs is 1. The van der Waals surface area contributed by atoms with Gasteiger partial charge in [0.25, 0.3) is 0 Å². The summed E-state index contributed by atoms with van der Waals surface area (Å²) in [6, 6.07) is 5.83. The molecule has 0 radical (unpaired) electrons. The zero-order valence-electron chi connectivity index (χ0n) is 18.2. The Kier molecular flexibility index (Phi) is 6.51. The van der Waals surface area contributed by atoms with Crippen LogP contribution in [0.4, 0.5) is 0 Å². The summed E-state index contributed by atoms with van der Waals surface area (Å²) in [4.78, 5) is 15.3. The van der Waals surface area contributed by atoms with E-state index in [0.717, 1.165) is 75.6 Å². The summed E-state index contributed by atoms with van der Waals surface area (Å²) in [5.74, 6) is 0.257. The molecular weight excluding hydrogens is 398 g/mol. The summed E-state index contributed by atoms with van der Waals surface area (Å²) in [5, 5.41) is 3.19. The minimum atomic E-state index is -3.57. The first-order chi connectivity index (χ1) is 14.3. The number of sulfonamides is 1. The highest BCUT2D eigenvalue weighted by atomic mass is 32.2. The fourth-order valence-electron chi connectivity index (χ4n) is 5.20. The predicted octanol–water partition coefficient (Wildman–Crippen LogP) is 3.13. The fraction of sp³-hybridized carbons (Fsp3) is 0.696. The van der Waals surface area contributed by atoms with Crippen molar-refractivity contribution in [3.8, 4) is 0 Å². The van der Waals surface area contributed by atoms with Crippen LogP contribution in [0.5, 0.6) is 0 Å². The standard InChI is InChI=1S/C23H35N3O3S/c1-16(2)26-13-11-19(12-14-26)25-30(28,29)20-9-7-17-8-10-22(21(17)15-20)24-23(27)18-5-3-4-6-18/h7,9,15-16,18-19,22,25H,3-6,8,10-14H2,1-2H3,(H,24,27)/t22-/m1/s1. The molecule has 1 saturated heterocycles. The molecule has 1 saturated carbocycles. The smallest absolute Gasteiger partial charge is 0.240 e. The van der Waals surface area contributed by atoms with Crippen LogP contribution in [0.15, 0.2) is 23.1 Å². The van der Waals surface area contributed by atoms with Crippen LogP contribution >= 0.6 is 0 Å². The molecule has 166 valence electrons. The van der Waals surface area contributed by atoms with Crippen LogP contribution in [0.1, 0.15) is 76.0 Å². The molecule has 1 atom stereocenters. The highest BCUT2D eigenvalue weighted by molar-refractivity contribution is 7.89. The van der Waals surface area contributed by atoms with Crippen LogP contribution in [-0.2, 0) is 21.2 Å². The number of piperidine rings is 1. The van der Waals surface area contributed by atoms with E-state index < -0.39 is 10.0 Å². The molecule has 1 aromatic rings. The summed E-state index contributed by atoms with van der Waals surface area (Å²) in [5.41, 5.74) is 2.12. The molecule has 1 amide bonds. The van der Waals surface area contributed by atoms with E-state index in [1.165, 1.54) is 0 Å². The average molecular weight is 434 g/mol. The molecule has 30 heavy (non-hydrogen) atoms. The topological polar surface area (TPSA) is 78.5 Å². The molecule has 6 nitrogen and oxygen atoms in total. The summed E-state index contributed by atoms with van der Waals surface area (Å²) in [7, 11) is -3.57. The third-order valence-electron chi connectivity index (χ3n) is 7.13. The van der Waals surface area contributed by atoms with Crippen LogP contribution < -0.4 is 10.0 Å². The Balaban J connectivity index is 1.43. The maximum absolute atomic E-state index is 13.0. The number of amides is 1. The van der Waals surface area contributed by atoms with Crippen molar-refractivity contribution in [2.45, 2.75) is 88.2 Å². The van der Waals surface area contributed by atoms with Crippen molar-refractivity contribution < 1.29 is 13.2 Å². The van der Waals surface area contributed by atoms with Crippen molar-refractivity contribution in [1.82, 2.24) is 14.9 Å². The maximum Gasteiger partial charge on any atom is 0.240 e. The quantitative estimate of drug-likeness (QED) is 0.722. The molecule has 7 heteroatoms. The van der Waals surface area contributed by atoms with Gasteiger partial charge in [-0.3, -0.25) is 4.79 Å². The molecule has 1 aromatic carbocycles. The van der Waals surface area contributed by atoms with Gasteiger partial charge in [-0.05, 0) is 88.7 Å². The number of nitrogens with zero attached hydrogens (tertiary/aromatic N) is 1. The molecule has 0 bridgehead atoms. The number of carbonyl (C=O) groups excluding carboxylic acids is 1. The molecular formula is C23H35N3O3S. The van der Waals surface area contributed by atoms with Gasteiger partial charge in [-0.2, -0.15) is 0 Å². The van der Waals surface area contributed by atoms with E-state index in [0.29, 0.717) is 10.9 Å². The number of benzene rings is 1. The molecule has 1 heterocycles. The Hall–Kier alpha value is -1.44. The Morgan fingerprint density at radius 2 is 1.77 bits per heavy atom. The van der Waals surface area contributed by atoms with E-state index >= 15 is 0 Å². The number of hydrogen-bond donors (Lipinski definition) is 2. The lowest BCUT2D eigenvalue weighted by Gasteiger charge is -2.34. The van der Waals surface area contributed by atoms with Crippen molar-refractivity contribution in [2.24, 2.45) is 5.92 Å². The molecule has 2 fully saturated rings. The predicted molar refractivity (Wildman–Crippen MR) is 118 cm³/mol. The number of hydrogen-bond acceptors (Lipinski definition) is 4. The monoisotopic (exact) mass is 433 g/mol. The van der Waals surface area contributed by atoms with Gasteiger partial charge in [0.15, 0.2) is 0 Å². The van der Waals surface area contributed by atoms with Crippen molar-refractivity contribution in [3.05, 3.63) is 29.3 Å². The van der Waals surface area contributed by atoms with Crippen LogP contribution in [0.25, 0.3) is 0 Å². The van der Waals surface area contributed by atoms with Crippen molar-refractivity contribution in [3.63, 3.8) is 0 Å². The highest BCUT2D eigenvalue weighted by Gasteiger charge is 2.31. The summed E-state index contributed by atoms with van der Waals surface area (Å²) in [6.45, 7) is 6.20. The third-order valence-corrected chi connectivity index (χ3v) is 8.65.